The molecule has 180 valence electrons. The zero-order valence-corrected chi connectivity index (χ0v) is 22.0. The second-order valence-corrected chi connectivity index (χ2v) is 10.8. The highest BCUT2D eigenvalue weighted by atomic mass is 35.5. The largest absolute Gasteiger partial charge is 0.357 e. The number of benzene rings is 2. The van der Waals surface area contributed by atoms with Crippen molar-refractivity contribution in [2.75, 3.05) is 24.2 Å². The number of nitrogens with one attached hydrogen (secondary N) is 1. The van der Waals surface area contributed by atoms with Gasteiger partial charge in [0.05, 0.1) is 22.0 Å². The SMILES string of the molecule is CCC(C(=O)NC)N(Cc1ccc(Cl)c(Cl)c1)C(=O)CN(c1cc(Cl)cc(Cl)c1)S(C)(=O)=O. The molecule has 0 saturated heterocycles. The summed E-state index contributed by atoms with van der Waals surface area (Å²) in [4.78, 5) is 27.3. The second-order valence-electron chi connectivity index (χ2n) is 7.21. The minimum absolute atomic E-state index is 0.00948. The third-order valence-electron chi connectivity index (χ3n) is 4.78. The van der Waals surface area contributed by atoms with Crippen molar-refractivity contribution in [2.24, 2.45) is 0 Å². The molecule has 2 rings (SSSR count). The third kappa shape index (κ3) is 7.39. The maximum Gasteiger partial charge on any atom is 0.244 e. The Kier molecular flexibility index (Phi) is 9.70. The molecule has 0 fully saturated rings. The van der Waals surface area contributed by atoms with E-state index in [1.165, 1.54) is 30.1 Å². The Morgan fingerprint density at radius 1 is 1.00 bits per heavy atom. The number of likely N-dealkylation sites (N-methyl/N-ethyl adjacent to an activating group) is 1. The number of carbonyl (C=O) groups is 2. The fourth-order valence-electron chi connectivity index (χ4n) is 3.22. The summed E-state index contributed by atoms with van der Waals surface area (Å²) in [6.07, 6.45) is 1.27. The number of amides is 2. The van der Waals surface area contributed by atoms with E-state index in [1.54, 1.807) is 25.1 Å². The van der Waals surface area contributed by atoms with Crippen molar-refractivity contribution >= 4 is 73.9 Å². The van der Waals surface area contributed by atoms with E-state index < -0.39 is 28.5 Å². The number of sulfonamides is 1. The van der Waals surface area contributed by atoms with E-state index in [1.807, 2.05) is 0 Å². The molecular weight excluding hydrogens is 532 g/mol. The minimum Gasteiger partial charge on any atom is -0.357 e. The lowest BCUT2D eigenvalue weighted by atomic mass is 10.1. The summed E-state index contributed by atoms with van der Waals surface area (Å²) in [5.41, 5.74) is 0.752. The summed E-state index contributed by atoms with van der Waals surface area (Å²) in [5, 5.41) is 3.60. The summed E-state index contributed by atoms with van der Waals surface area (Å²) >= 11 is 24.2. The first kappa shape index (κ1) is 27.5. The molecule has 33 heavy (non-hydrogen) atoms. The van der Waals surface area contributed by atoms with Crippen LogP contribution in [0.1, 0.15) is 18.9 Å². The van der Waals surface area contributed by atoms with Gasteiger partial charge in [-0.05, 0) is 42.3 Å². The first-order valence-corrected chi connectivity index (χ1v) is 13.1. The quantitative estimate of drug-likeness (QED) is 0.490. The van der Waals surface area contributed by atoms with Crippen molar-refractivity contribution in [3.8, 4) is 0 Å². The number of hydrogen-bond donors (Lipinski definition) is 1. The van der Waals surface area contributed by atoms with Crippen LogP contribution in [-0.2, 0) is 26.2 Å². The van der Waals surface area contributed by atoms with Crippen LogP contribution in [0.3, 0.4) is 0 Å². The average Bonchev–Trinajstić information content (AvgIpc) is 2.72. The molecule has 0 aliphatic heterocycles. The van der Waals surface area contributed by atoms with Crippen molar-refractivity contribution in [2.45, 2.75) is 25.9 Å². The Labute approximate surface area is 213 Å². The van der Waals surface area contributed by atoms with Gasteiger partial charge < -0.3 is 10.2 Å². The van der Waals surface area contributed by atoms with Gasteiger partial charge in [0.15, 0.2) is 0 Å². The Balaban J connectivity index is 2.48. The Bertz CT molecular complexity index is 1120. The summed E-state index contributed by atoms with van der Waals surface area (Å²) in [6.45, 7) is 1.19. The van der Waals surface area contributed by atoms with Gasteiger partial charge in [0.25, 0.3) is 0 Å². The van der Waals surface area contributed by atoms with Crippen LogP contribution < -0.4 is 9.62 Å². The van der Waals surface area contributed by atoms with Crippen molar-refractivity contribution < 1.29 is 18.0 Å². The minimum atomic E-state index is -3.89. The Morgan fingerprint density at radius 3 is 2.09 bits per heavy atom. The van der Waals surface area contributed by atoms with Gasteiger partial charge in [-0.15, -0.1) is 0 Å². The number of carbonyl (C=O) groups excluding carboxylic acids is 2. The van der Waals surface area contributed by atoms with Gasteiger partial charge in [-0.25, -0.2) is 8.42 Å². The predicted molar refractivity (Wildman–Crippen MR) is 134 cm³/mol. The van der Waals surface area contributed by atoms with Crippen LogP contribution in [0.2, 0.25) is 20.1 Å². The highest BCUT2D eigenvalue weighted by molar-refractivity contribution is 7.92. The van der Waals surface area contributed by atoms with Crippen LogP contribution in [-0.4, -0.2) is 51.0 Å². The molecule has 2 aromatic rings. The number of hydrogen-bond acceptors (Lipinski definition) is 4. The summed E-state index contributed by atoms with van der Waals surface area (Å²) in [6, 6.07) is 8.23. The van der Waals surface area contributed by atoms with E-state index in [0.29, 0.717) is 22.0 Å². The van der Waals surface area contributed by atoms with Crippen LogP contribution >= 0.6 is 46.4 Å². The van der Waals surface area contributed by atoms with E-state index in [4.69, 9.17) is 46.4 Å². The van der Waals surface area contributed by atoms with Crippen LogP contribution in [0.15, 0.2) is 36.4 Å². The lowest BCUT2D eigenvalue weighted by molar-refractivity contribution is -0.140. The van der Waals surface area contributed by atoms with E-state index in [2.05, 4.69) is 5.32 Å². The number of nitrogens with zero attached hydrogens (tertiary/aromatic N) is 2. The van der Waals surface area contributed by atoms with Gasteiger partial charge in [-0.1, -0.05) is 59.4 Å². The smallest absolute Gasteiger partial charge is 0.244 e. The molecule has 0 aliphatic carbocycles. The maximum absolute atomic E-state index is 13.4. The molecule has 7 nitrogen and oxygen atoms in total. The van der Waals surface area contributed by atoms with Crippen LogP contribution in [0.25, 0.3) is 0 Å². The third-order valence-corrected chi connectivity index (χ3v) is 7.10. The normalized spacial score (nSPS) is 12.2. The number of anilines is 1. The molecule has 0 aromatic heterocycles. The molecule has 0 radical (unpaired) electrons. The van der Waals surface area contributed by atoms with Crippen LogP contribution in [0.5, 0.6) is 0 Å². The van der Waals surface area contributed by atoms with E-state index in [0.717, 1.165) is 10.6 Å². The molecule has 0 aliphatic rings. The second kappa shape index (κ2) is 11.6. The highest BCUT2D eigenvalue weighted by Gasteiger charge is 2.31. The van der Waals surface area contributed by atoms with Gasteiger partial charge >= 0.3 is 0 Å². The van der Waals surface area contributed by atoms with E-state index in [9.17, 15) is 18.0 Å². The van der Waals surface area contributed by atoms with Crippen LogP contribution in [0, 0.1) is 0 Å². The number of halogens is 4. The topological polar surface area (TPSA) is 86.8 Å². The molecule has 0 bridgehead atoms. The Hall–Kier alpha value is -1.71. The molecular formula is C21H23Cl4N3O4S. The van der Waals surface area contributed by atoms with Crippen molar-refractivity contribution in [3.05, 3.63) is 62.1 Å². The Morgan fingerprint density at radius 2 is 1.61 bits per heavy atom. The first-order chi connectivity index (χ1) is 15.4. The molecule has 1 unspecified atom stereocenters. The van der Waals surface area contributed by atoms with Crippen molar-refractivity contribution in [1.82, 2.24) is 10.2 Å². The zero-order valence-electron chi connectivity index (χ0n) is 18.1. The van der Waals surface area contributed by atoms with Crippen LogP contribution in [0.4, 0.5) is 5.69 Å². The molecule has 2 amide bonds. The summed E-state index contributed by atoms with van der Waals surface area (Å²) in [5.74, 6) is -0.985. The van der Waals surface area contributed by atoms with Gasteiger partial charge in [-0.3, -0.25) is 13.9 Å². The standard InChI is InChI=1S/C21H23Cl4N3O4S/c1-4-19(21(30)26-2)27(11-13-5-6-17(24)18(25)7-13)20(29)12-28(33(3,31)32)16-9-14(22)8-15(23)10-16/h5-10,19H,4,11-12H2,1-3H3,(H,26,30). The fraction of sp³-hybridized carbons (Fsp3) is 0.333. The lowest BCUT2D eigenvalue weighted by Crippen LogP contribution is -2.51. The van der Waals surface area contributed by atoms with E-state index >= 15 is 0 Å². The molecule has 1 atom stereocenters. The molecule has 1 N–H and O–H groups in total. The maximum atomic E-state index is 13.4. The molecule has 12 heteroatoms. The predicted octanol–water partition coefficient (Wildman–Crippen LogP) is 4.62. The first-order valence-electron chi connectivity index (χ1n) is 9.76. The van der Waals surface area contributed by atoms with Crippen molar-refractivity contribution in [1.29, 1.82) is 0 Å². The molecule has 0 saturated carbocycles. The van der Waals surface area contributed by atoms with Crippen molar-refractivity contribution in [3.63, 3.8) is 0 Å². The molecule has 0 heterocycles. The van der Waals surface area contributed by atoms with Gasteiger partial charge in [0, 0.05) is 23.6 Å². The molecule has 2 aromatic carbocycles. The summed E-state index contributed by atoms with van der Waals surface area (Å²) < 4.78 is 26.0. The summed E-state index contributed by atoms with van der Waals surface area (Å²) in [7, 11) is -2.43. The number of rotatable bonds is 9. The van der Waals surface area contributed by atoms with Gasteiger partial charge in [-0.2, -0.15) is 0 Å². The zero-order chi connectivity index (χ0) is 24.9. The highest BCUT2D eigenvalue weighted by Crippen LogP contribution is 2.28. The monoisotopic (exact) mass is 553 g/mol. The van der Waals surface area contributed by atoms with Gasteiger partial charge in [0.1, 0.15) is 12.6 Å². The average molecular weight is 555 g/mol. The fourth-order valence-corrected chi connectivity index (χ4v) is 4.89. The van der Waals surface area contributed by atoms with E-state index in [-0.39, 0.29) is 28.2 Å². The van der Waals surface area contributed by atoms with Gasteiger partial charge in [0.2, 0.25) is 21.8 Å². The molecule has 0 spiro atoms. The lowest BCUT2D eigenvalue weighted by Gasteiger charge is -2.32.